The zero-order chi connectivity index (χ0) is 13.7. The quantitative estimate of drug-likeness (QED) is 0.877. The highest BCUT2D eigenvalue weighted by atomic mass is 16.1. The molecule has 104 valence electrons. The van der Waals surface area contributed by atoms with Gasteiger partial charge in [-0.3, -0.25) is 4.79 Å². The monoisotopic (exact) mass is 259 g/mol. The molecule has 1 fully saturated rings. The summed E-state index contributed by atoms with van der Waals surface area (Å²) in [6, 6.07) is 10.8. The minimum Gasteiger partial charge on any atom is -0.302 e. The topological polar surface area (TPSA) is 29.1 Å². The van der Waals surface area contributed by atoms with Gasteiger partial charge in [0.05, 0.1) is 5.54 Å². The second kappa shape index (κ2) is 6.33. The van der Waals surface area contributed by atoms with E-state index in [1.54, 1.807) is 6.92 Å². The molecule has 0 heterocycles. The van der Waals surface area contributed by atoms with E-state index in [4.69, 9.17) is 0 Å². The summed E-state index contributed by atoms with van der Waals surface area (Å²) in [7, 11) is 0. The summed E-state index contributed by atoms with van der Waals surface area (Å²) >= 11 is 0. The molecule has 1 aromatic rings. The van der Waals surface area contributed by atoms with E-state index < -0.39 is 5.54 Å². The number of Topliss-reactive ketones (excluding diaryl/α,β-unsaturated/α-hetero) is 1. The summed E-state index contributed by atoms with van der Waals surface area (Å²) < 4.78 is 0. The number of carbonyl (C=O) groups excluding carboxylic acids is 1. The van der Waals surface area contributed by atoms with Crippen molar-refractivity contribution in [2.24, 2.45) is 0 Å². The Bertz CT molecular complexity index is 409. The molecule has 19 heavy (non-hydrogen) atoms. The Hall–Kier alpha value is -1.15. The fourth-order valence-electron chi connectivity index (χ4n) is 2.98. The number of hydrogen-bond acceptors (Lipinski definition) is 2. The second-order valence-electron chi connectivity index (χ2n) is 6.03. The molecule has 0 spiro atoms. The molecule has 1 N–H and O–H groups in total. The van der Waals surface area contributed by atoms with E-state index in [0.717, 1.165) is 6.42 Å². The van der Waals surface area contributed by atoms with Crippen LogP contribution in [-0.4, -0.2) is 17.4 Å². The molecule has 1 aromatic carbocycles. The third kappa shape index (κ3) is 3.90. The van der Waals surface area contributed by atoms with Crippen LogP contribution in [-0.2, 0) is 11.2 Å². The van der Waals surface area contributed by atoms with E-state index in [1.807, 2.05) is 18.2 Å². The lowest BCUT2D eigenvalue weighted by atomic mass is 9.86. The van der Waals surface area contributed by atoms with Crippen LogP contribution in [0.2, 0.25) is 0 Å². The molecular formula is C17H25NO. The van der Waals surface area contributed by atoms with Gasteiger partial charge in [-0.15, -0.1) is 0 Å². The Morgan fingerprint density at radius 2 is 1.84 bits per heavy atom. The van der Waals surface area contributed by atoms with Gasteiger partial charge in [-0.25, -0.2) is 0 Å². The van der Waals surface area contributed by atoms with Crippen LogP contribution in [0.15, 0.2) is 30.3 Å². The van der Waals surface area contributed by atoms with E-state index in [1.165, 1.54) is 37.7 Å². The van der Waals surface area contributed by atoms with Gasteiger partial charge in [-0.2, -0.15) is 0 Å². The first kappa shape index (κ1) is 14.3. The summed E-state index contributed by atoms with van der Waals surface area (Å²) in [6.07, 6.45) is 7.11. The van der Waals surface area contributed by atoms with Crippen molar-refractivity contribution >= 4 is 5.78 Å². The molecule has 0 saturated heterocycles. The van der Waals surface area contributed by atoms with Gasteiger partial charge in [-0.1, -0.05) is 49.6 Å². The second-order valence-corrected chi connectivity index (χ2v) is 6.03. The first-order valence-electron chi connectivity index (χ1n) is 7.43. The molecule has 0 aromatic heterocycles. The highest BCUT2D eigenvalue weighted by Crippen LogP contribution is 2.22. The number of rotatable bonds is 5. The minimum absolute atomic E-state index is 0.238. The van der Waals surface area contributed by atoms with Crippen molar-refractivity contribution < 1.29 is 4.79 Å². The molecule has 2 rings (SSSR count). The molecule has 1 aliphatic rings. The van der Waals surface area contributed by atoms with Gasteiger partial charge in [0.25, 0.3) is 0 Å². The lowest BCUT2D eigenvalue weighted by molar-refractivity contribution is -0.123. The number of nitrogens with one attached hydrogen (secondary N) is 1. The lowest BCUT2D eigenvalue weighted by Gasteiger charge is -2.35. The Labute approximate surface area is 116 Å². The number of ketones is 1. The van der Waals surface area contributed by atoms with Crippen LogP contribution in [0.1, 0.15) is 51.5 Å². The molecular weight excluding hydrogens is 234 g/mol. The minimum atomic E-state index is -0.427. The smallest absolute Gasteiger partial charge is 0.149 e. The van der Waals surface area contributed by atoms with Crippen LogP contribution in [0.25, 0.3) is 0 Å². The Balaban J connectivity index is 2.06. The maximum Gasteiger partial charge on any atom is 0.149 e. The van der Waals surface area contributed by atoms with Gasteiger partial charge in [0.15, 0.2) is 0 Å². The van der Waals surface area contributed by atoms with Gasteiger partial charge in [0.1, 0.15) is 5.78 Å². The van der Waals surface area contributed by atoms with Crippen LogP contribution in [0.4, 0.5) is 0 Å². The average molecular weight is 259 g/mol. The molecule has 1 unspecified atom stereocenters. The molecule has 2 heteroatoms. The largest absolute Gasteiger partial charge is 0.302 e. The predicted molar refractivity (Wildman–Crippen MR) is 79.2 cm³/mol. The Kier molecular flexibility index (Phi) is 4.76. The third-order valence-electron chi connectivity index (χ3n) is 4.31. The zero-order valence-corrected chi connectivity index (χ0v) is 12.1. The van der Waals surface area contributed by atoms with Crippen molar-refractivity contribution in [2.75, 3.05) is 0 Å². The summed E-state index contributed by atoms with van der Waals surface area (Å²) in [5.74, 6) is 0.238. The summed E-state index contributed by atoms with van der Waals surface area (Å²) in [5, 5.41) is 3.63. The van der Waals surface area contributed by atoms with Crippen molar-refractivity contribution in [1.82, 2.24) is 5.32 Å². The Morgan fingerprint density at radius 1 is 1.21 bits per heavy atom. The normalized spacial score (nSPS) is 19.9. The van der Waals surface area contributed by atoms with Crippen LogP contribution in [0.5, 0.6) is 0 Å². The fraction of sp³-hybridized carbons (Fsp3) is 0.588. The molecule has 1 atom stereocenters. The zero-order valence-electron chi connectivity index (χ0n) is 12.1. The highest BCUT2D eigenvalue weighted by Gasteiger charge is 2.32. The van der Waals surface area contributed by atoms with Gasteiger partial charge in [0.2, 0.25) is 0 Å². The number of hydrogen-bond donors (Lipinski definition) is 1. The van der Waals surface area contributed by atoms with Gasteiger partial charge in [0, 0.05) is 6.04 Å². The summed E-state index contributed by atoms with van der Waals surface area (Å²) in [4.78, 5) is 12.1. The molecule has 0 radical (unpaired) electrons. The van der Waals surface area contributed by atoms with Crippen LogP contribution >= 0.6 is 0 Å². The van der Waals surface area contributed by atoms with E-state index in [-0.39, 0.29) is 5.78 Å². The average Bonchev–Trinajstić information content (AvgIpc) is 2.40. The summed E-state index contributed by atoms with van der Waals surface area (Å²) in [5.41, 5.74) is 0.798. The van der Waals surface area contributed by atoms with Gasteiger partial charge >= 0.3 is 0 Å². The molecule has 0 amide bonds. The van der Waals surface area contributed by atoms with Crippen LogP contribution < -0.4 is 5.32 Å². The molecule has 1 aliphatic carbocycles. The molecule has 1 saturated carbocycles. The van der Waals surface area contributed by atoms with Gasteiger partial charge in [-0.05, 0) is 38.7 Å². The molecule has 0 bridgehead atoms. The summed E-state index contributed by atoms with van der Waals surface area (Å²) in [6.45, 7) is 3.76. The number of benzene rings is 1. The van der Waals surface area contributed by atoms with E-state index in [0.29, 0.717) is 6.04 Å². The Morgan fingerprint density at radius 3 is 2.42 bits per heavy atom. The van der Waals surface area contributed by atoms with Crippen molar-refractivity contribution in [3.05, 3.63) is 35.9 Å². The predicted octanol–water partition coefficient (Wildman–Crippen LogP) is 3.50. The number of carbonyl (C=O) groups is 1. The fourth-order valence-corrected chi connectivity index (χ4v) is 2.98. The SMILES string of the molecule is CC(=O)C(C)(Cc1ccccc1)NC1CCCCC1. The van der Waals surface area contributed by atoms with E-state index >= 15 is 0 Å². The van der Waals surface area contributed by atoms with Crippen LogP contribution in [0.3, 0.4) is 0 Å². The lowest BCUT2D eigenvalue weighted by Crippen LogP contribution is -2.54. The third-order valence-corrected chi connectivity index (χ3v) is 4.31. The standard InChI is InChI=1S/C17H25NO/c1-14(19)17(2,13-15-9-5-3-6-10-15)18-16-11-7-4-8-12-16/h3,5-6,9-10,16,18H,4,7-8,11-13H2,1-2H3. The van der Waals surface area contributed by atoms with E-state index in [9.17, 15) is 4.79 Å². The molecule has 0 aliphatic heterocycles. The maximum atomic E-state index is 12.1. The first-order chi connectivity index (χ1) is 9.10. The van der Waals surface area contributed by atoms with Gasteiger partial charge < -0.3 is 5.32 Å². The first-order valence-corrected chi connectivity index (χ1v) is 7.43. The maximum absolute atomic E-state index is 12.1. The van der Waals surface area contributed by atoms with Crippen LogP contribution in [0, 0.1) is 0 Å². The van der Waals surface area contributed by atoms with Crippen molar-refractivity contribution in [3.63, 3.8) is 0 Å². The van der Waals surface area contributed by atoms with Crippen molar-refractivity contribution in [1.29, 1.82) is 0 Å². The van der Waals surface area contributed by atoms with E-state index in [2.05, 4.69) is 24.4 Å². The highest BCUT2D eigenvalue weighted by molar-refractivity contribution is 5.86. The van der Waals surface area contributed by atoms with Crippen molar-refractivity contribution in [2.45, 2.75) is 64.0 Å². The van der Waals surface area contributed by atoms with Crippen molar-refractivity contribution in [3.8, 4) is 0 Å². The molecule has 2 nitrogen and oxygen atoms in total.